The van der Waals surface area contributed by atoms with Crippen LogP contribution in [-0.4, -0.2) is 52.9 Å². The van der Waals surface area contributed by atoms with Gasteiger partial charge in [0.05, 0.1) is 0 Å². The fourth-order valence-corrected chi connectivity index (χ4v) is 0. The minimum Gasteiger partial charge on any atom is -0.542 e. The maximum atomic E-state index is 10.5. The largest absolute Gasteiger partial charge is 3.00 e. The Kier molecular flexibility index (Phi) is 29.0. The van der Waals surface area contributed by atoms with E-state index in [0.717, 1.165) is 0 Å². The van der Waals surface area contributed by atoms with Crippen molar-refractivity contribution in [3.8, 4) is 0 Å². The second-order valence-corrected chi connectivity index (χ2v) is 2.36. The van der Waals surface area contributed by atoms with Gasteiger partial charge in [0.1, 0.15) is 17.9 Å². The minimum absolute atomic E-state index is 0. The first-order chi connectivity index (χ1) is 8.83. The monoisotopic (exact) mass is 535 g/mol. The van der Waals surface area contributed by atoms with Gasteiger partial charge in [-0.2, -0.15) is 39.5 Å². The second-order valence-electron chi connectivity index (χ2n) is 2.36. The van der Waals surface area contributed by atoms with Crippen LogP contribution in [0.15, 0.2) is 0 Å². The maximum absolute atomic E-state index is 10.5. The van der Waals surface area contributed by atoms with Crippen molar-refractivity contribution < 1.29 is 126 Å². The molecule has 0 saturated carbocycles. The molecule has 0 aliphatic heterocycles. The van der Waals surface area contributed by atoms with Crippen molar-refractivity contribution in [2.75, 3.05) is 0 Å². The van der Waals surface area contributed by atoms with Crippen LogP contribution in [0, 0.1) is 40.8 Å². The Morgan fingerprint density at radius 3 is 0.520 bits per heavy atom. The molecule has 0 atom stereocenters. The van der Waals surface area contributed by atoms with Gasteiger partial charge in [-0.05, 0) is 0 Å². The standard InChI is InChI=1S/3C2HF3O2.Nd.3H2O/c3*3-2(4,5)1(6)7;;;;/h3*(H,6,7);;3*1H2/q;;;+3;;;/p-3. The fraction of sp³-hybridized carbons (Fsp3) is 0.500. The van der Waals surface area contributed by atoms with Crippen molar-refractivity contribution in [3.63, 3.8) is 0 Å². The first kappa shape index (κ1) is 43.9. The zero-order valence-electron chi connectivity index (χ0n) is 10.9. The molecule has 0 aromatic carbocycles. The zero-order valence-corrected chi connectivity index (χ0v) is 14.1. The van der Waals surface area contributed by atoms with Crippen molar-refractivity contribution in [3.05, 3.63) is 0 Å². The molecule has 1 radical (unpaired) electrons. The van der Waals surface area contributed by atoms with E-state index in [1.165, 1.54) is 0 Å². The molecule has 0 aromatic rings. The van der Waals surface area contributed by atoms with Crippen LogP contribution in [0.2, 0.25) is 0 Å². The Morgan fingerprint density at radius 2 is 0.520 bits per heavy atom. The van der Waals surface area contributed by atoms with Gasteiger partial charge < -0.3 is 46.1 Å². The van der Waals surface area contributed by atoms with E-state index in [9.17, 15) is 39.5 Å². The summed E-state index contributed by atoms with van der Waals surface area (Å²) in [6, 6.07) is 0. The first-order valence-electron chi connectivity index (χ1n) is 3.68. The van der Waals surface area contributed by atoms with Gasteiger partial charge in [-0.25, -0.2) is 0 Å². The molecule has 0 saturated heterocycles. The molecule has 0 heterocycles. The second kappa shape index (κ2) is 16.5. The summed E-state index contributed by atoms with van der Waals surface area (Å²) >= 11 is 0. The quantitative estimate of drug-likeness (QED) is 0.277. The van der Waals surface area contributed by atoms with Gasteiger partial charge >= 0.3 is 59.4 Å². The Balaban J connectivity index is -0.0000000360. The van der Waals surface area contributed by atoms with Crippen molar-refractivity contribution in [2.24, 2.45) is 0 Å². The van der Waals surface area contributed by atoms with Crippen LogP contribution in [-0.2, 0) is 14.4 Å². The predicted molar refractivity (Wildman–Crippen MR) is 44.0 cm³/mol. The third-order valence-electron chi connectivity index (χ3n) is 0.694. The topological polar surface area (TPSA) is 215 Å². The fourth-order valence-electron chi connectivity index (χ4n) is 0. The van der Waals surface area contributed by atoms with E-state index in [1.54, 1.807) is 0 Å². The number of hydrogen-bond donors (Lipinski definition) is 0. The van der Waals surface area contributed by atoms with Crippen LogP contribution in [0.3, 0.4) is 0 Å². The van der Waals surface area contributed by atoms with Gasteiger partial charge in [0.15, 0.2) is 0 Å². The predicted octanol–water partition coefficient (Wildman–Crippen LogP) is -4.58. The summed E-state index contributed by atoms with van der Waals surface area (Å²) in [6.07, 6.45) is -15.6. The Morgan fingerprint density at radius 1 is 0.480 bits per heavy atom. The molecule has 0 amide bonds. The van der Waals surface area contributed by atoms with E-state index >= 15 is 0 Å². The number of carboxylic acids is 3. The Hall–Kier alpha value is -0.989. The van der Waals surface area contributed by atoms with E-state index in [1.807, 2.05) is 0 Å². The number of aliphatic carboxylic acids is 3. The van der Waals surface area contributed by atoms with Crippen molar-refractivity contribution in [1.29, 1.82) is 0 Å². The molecule has 0 aliphatic rings. The van der Waals surface area contributed by atoms with Crippen molar-refractivity contribution >= 4 is 17.9 Å². The SMILES string of the molecule is O.O.O.O=C([O-])C(F)(F)F.O=C([O-])C(F)(F)F.O=C([O-])C(F)(F)F.[Nd+3]. The molecule has 0 unspecified atom stereocenters. The molecule has 9 nitrogen and oxygen atoms in total. The summed E-state index contributed by atoms with van der Waals surface area (Å²) in [4.78, 5) is 26.4. The van der Waals surface area contributed by atoms with Gasteiger partial charge in [0, 0.05) is 0 Å². The summed E-state index contributed by atoms with van der Waals surface area (Å²) in [5.74, 6) is -9.02. The normalized spacial score (nSPS) is 9.48. The van der Waals surface area contributed by atoms with Crippen LogP contribution >= 0.6 is 0 Å². The molecule has 0 aromatic heterocycles. The number of hydrogen-bond acceptors (Lipinski definition) is 6. The number of halogens is 9. The van der Waals surface area contributed by atoms with Gasteiger partial charge in [0.2, 0.25) is 0 Å². The molecule has 0 fully saturated rings. The first-order valence-corrected chi connectivity index (χ1v) is 3.68. The van der Waals surface area contributed by atoms with Gasteiger partial charge in [-0.15, -0.1) is 0 Å². The molecule has 0 rings (SSSR count). The maximum Gasteiger partial charge on any atom is 3.00 e. The molecular weight excluding hydrogens is 531 g/mol. The number of rotatable bonds is 0. The third-order valence-corrected chi connectivity index (χ3v) is 0.694. The third kappa shape index (κ3) is 35.1. The van der Waals surface area contributed by atoms with Crippen LogP contribution in [0.25, 0.3) is 0 Å². The van der Waals surface area contributed by atoms with E-state index in [4.69, 9.17) is 29.7 Å². The summed E-state index contributed by atoms with van der Waals surface area (Å²) in [7, 11) is 0. The molecule has 0 spiro atoms. The summed E-state index contributed by atoms with van der Waals surface area (Å²) in [5, 5.41) is 26.4. The number of carbonyl (C=O) groups is 3. The Bertz CT molecular complexity index is 318. The average Bonchev–Trinajstić information content (AvgIpc) is 2.14. The Labute approximate surface area is 162 Å². The summed E-state index contributed by atoms with van der Waals surface area (Å²) < 4.78 is 94.6. The van der Waals surface area contributed by atoms with Gasteiger partial charge in [0.25, 0.3) is 0 Å². The van der Waals surface area contributed by atoms with E-state index in [-0.39, 0.29) is 57.3 Å². The molecule has 19 heteroatoms. The van der Waals surface area contributed by atoms with Gasteiger partial charge in [-0.3, -0.25) is 0 Å². The minimum atomic E-state index is -5.19. The van der Waals surface area contributed by atoms with Crippen LogP contribution < -0.4 is 15.3 Å². The van der Waals surface area contributed by atoms with E-state index < -0.39 is 36.4 Å². The summed E-state index contributed by atoms with van der Waals surface area (Å²) in [5.41, 5.74) is 0. The molecule has 0 bridgehead atoms. The van der Waals surface area contributed by atoms with E-state index in [2.05, 4.69) is 0 Å². The number of carboxylic acid groups (broad SMARTS) is 3. The summed E-state index contributed by atoms with van der Waals surface area (Å²) in [6.45, 7) is 0. The molecule has 25 heavy (non-hydrogen) atoms. The van der Waals surface area contributed by atoms with Crippen LogP contribution in [0.1, 0.15) is 0 Å². The van der Waals surface area contributed by atoms with Crippen molar-refractivity contribution in [2.45, 2.75) is 18.5 Å². The zero-order chi connectivity index (χ0) is 18.2. The van der Waals surface area contributed by atoms with Crippen LogP contribution in [0.4, 0.5) is 39.5 Å². The molecule has 6 N–H and O–H groups in total. The number of alkyl halides is 9. The van der Waals surface area contributed by atoms with E-state index in [0.29, 0.717) is 0 Å². The average molecular weight is 537 g/mol. The molecular formula is C6H6F9NdO9. The molecule has 0 aliphatic carbocycles. The smallest absolute Gasteiger partial charge is 0.542 e. The molecule has 151 valence electrons. The van der Waals surface area contributed by atoms with Crippen molar-refractivity contribution in [1.82, 2.24) is 0 Å². The number of carbonyl (C=O) groups excluding carboxylic acids is 3. The van der Waals surface area contributed by atoms with Crippen LogP contribution in [0.5, 0.6) is 0 Å². The van der Waals surface area contributed by atoms with Gasteiger partial charge in [-0.1, -0.05) is 0 Å².